The number of hydrogen-bond donors (Lipinski definition) is 0. The Labute approximate surface area is 122 Å². The first-order valence-corrected chi connectivity index (χ1v) is 7.05. The van der Waals surface area contributed by atoms with Gasteiger partial charge in [-0.15, -0.1) is 11.3 Å². The van der Waals surface area contributed by atoms with E-state index >= 15 is 0 Å². The predicted octanol–water partition coefficient (Wildman–Crippen LogP) is 3.26. The molecule has 2 aromatic rings. The van der Waals surface area contributed by atoms with Gasteiger partial charge in [-0.3, -0.25) is 4.79 Å². The number of hydrogen-bond acceptors (Lipinski definition) is 5. The fraction of sp³-hybridized carbons (Fsp3) is 0.333. The molecule has 0 saturated heterocycles. The minimum Gasteiger partial charge on any atom is -0.493 e. The Hall–Kier alpha value is -1.88. The second-order valence-electron chi connectivity index (χ2n) is 4.44. The Kier molecular flexibility index (Phi) is 4.39. The van der Waals surface area contributed by atoms with Crippen molar-refractivity contribution in [1.82, 2.24) is 4.98 Å². The third-order valence-corrected chi connectivity index (χ3v) is 4.22. The van der Waals surface area contributed by atoms with Crippen molar-refractivity contribution in [2.24, 2.45) is 0 Å². The van der Waals surface area contributed by atoms with E-state index in [4.69, 9.17) is 9.47 Å². The van der Waals surface area contributed by atoms with E-state index in [1.165, 1.54) is 11.3 Å². The highest BCUT2D eigenvalue weighted by molar-refractivity contribution is 7.13. The molecule has 2 rings (SSSR count). The second-order valence-corrected chi connectivity index (χ2v) is 5.53. The molecule has 0 N–H and O–H groups in total. The van der Waals surface area contributed by atoms with E-state index in [-0.39, 0.29) is 5.78 Å². The third-order valence-electron chi connectivity index (χ3n) is 2.96. The van der Waals surface area contributed by atoms with Crippen molar-refractivity contribution in [3.8, 4) is 11.5 Å². The summed E-state index contributed by atoms with van der Waals surface area (Å²) in [5, 5.41) is 0.930. The lowest BCUT2D eigenvalue weighted by Crippen LogP contribution is -1.93. The zero-order valence-electron chi connectivity index (χ0n) is 12.0. The van der Waals surface area contributed by atoms with Crippen molar-refractivity contribution in [3.63, 3.8) is 0 Å². The molecular formula is C15H17NO3S. The van der Waals surface area contributed by atoms with Crippen LogP contribution in [0, 0.1) is 6.92 Å². The Balaban J connectivity index is 2.26. The first-order chi connectivity index (χ1) is 9.55. The standard InChI is InChI=1S/C15H17NO3S/c1-9-15(10(2)17)20-14(16-9)8-11-5-6-12(18-3)13(7-11)19-4/h5-7H,8H2,1-4H3. The van der Waals surface area contributed by atoms with Crippen LogP contribution in [-0.4, -0.2) is 25.0 Å². The average molecular weight is 291 g/mol. The van der Waals surface area contributed by atoms with Crippen LogP contribution in [0.2, 0.25) is 0 Å². The Morgan fingerprint density at radius 3 is 2.50 bits per heavy atom. The largest absolute Gasteiger partial charge is 0.493 e. The van der Waals surface area contributed by atoms with Crippen LogP contribution in [-0.2, 0) is 6.42 Å². The van der Waals surface area contributed by atoms with Crippen LogP contribution >= 0.6 is 11.3 Å². The summed E-state index contributed by atoms with van der Waals surface area (Å²) < 4.78 is 10.5. The topological polar surface area (TPSA) is 48.4 Å². The molecule has 0 unspecified atom stereocenters. The summed E-state index contributed by atoms with van der Waals surface area (Å²) in [6.07, 6.45) is 0.680. The molecule has 1 aromatic carbocycles. The maximum atomic E-state index is 11.4. The number of rotatable bonds is 5. The minimum atomic E-state index is 0.0681. The fourth-order valence-electron chi connectivity index (χ4n) is 2.02. The number of thiazole rings is 1. The van der Waals surface area contributed by atoms with E-state index in [1.807, 2.05) is 25.1 Å². The Morgan fingerprint density at radius 2 is 1.95 bits per heavy atom. The first kappa shape index (κ1) is 14.5. The van der Waals surface area contributed by atoms with E-state index < -0.39 is 0 Å². The SMILES string of the molecule is COc1ccc(Cc2nc(C)c(C(C)=O)s2)cc1OC. The summed E-state index contributed by atoms with van der Waals surface area (Å²) in [6, 6.07) is 5.79. The number of carbonyl (C=O) groups excluding carboxylic acids is 1. The van der Waals surface area contributed by atoms with Crippen LogP contribution in [0.25, 0.3) is 0 Å². The molecule has 0 spiro atoms. The zero-order chi connectivity index (χ0) is 14.7. The van der Waals surface area contributed by atoms with Crippen LogP contribution in [0.4, 0.5) is 0 Å². The van der Waals surface area contributed by atoms with Gasteiger partial charge in [0.15, 0.2) is 17.3 Å². The zero-order valence-corrected chi connectivity index (χ0v) is 12.8. The molecule has 0 saturated carbocycles. The van der Waals surface area contributed by atoms with E-state index in [0.717, 1.165) is 21.1 Å². The number of aryl methyl sites for hydroxylation is 1. The number of aromatic nitrogens is 1. The highest BCUT2D eigenvalue weighted by atomic mass is 32.1. The highest BCUT2D eigenvalue weighted by Crippen LogP contribution is 2.29. The number of ketones is 1. The lowest BCUT2D eigenvalue weighted by molar-refractivity contribution is 0.102. The molecule has 0 amide bonds. The van der Waals surface area contributed by atoms with Gasteiger partial charge in [0.05, 0.1) is 29.8 Å². The normalized spacial score (nSPS) is 10.4. The Morgan fingerprint density at radius 1 is 1.25 bits per heavy atom. The molecule has 1 heterocycles. The van der Waals surface area contributed by atoms with Crippen LogP contribution in [0.5, 0.6) is 11.5 Å². The maximum Gasteiger partial charge on any atom is 0.171 e. The molecule has 4 nitrogen and oxygen atoms in total. The molecule has 0 aliphatic carbocycles. The van der Waals surface area contributed by atoms with Crippen molar-refractivity contribution >= 4 is 17.1 Å². The van der Waals surface area contributed by atoms with E-state index in [1.54, 1.807) is 21.1 Å². The van der Waals surface area contributed by atoms with Crippen LogP contribution in [0.3, 0.4) is 0 Å². The highest BCUT2D eigenvalue weighted by Gasteiger charge is 2.12. The summed E-state index contributed by atoms with van der Waals surface area (Å²) in [6.45, 7) is 3.44. The molecule has 0 radical (unpaired) electrons. The molecule has 106 valence electrons. The van der Waals surface area contributed by atoms with E-state index in [0.29, 0.717) is 17.9 Å². The number of Topliss-reactive ketones (excluding diaryl/α,β-unsaturated/α-hetero) is 1. The van der Waals surface area contributed by atoms with Gasteiger partial charge in [-0.2, -0.15) is 0 Å². The molecule has 0 aliphatic rings. The van der Waals surface area contributed by atoms with Gasteiger partial charge in [0.2, 0.25) is 0 Å². The van der Waals surface area contributed by atoms with E-state index in [9.17, 15) is 4.79 Å². The average Bonchev–Trinajstić information content (AvgIpc) is 2.79. The Bertz CT molecular complexity index is 634. The van der Waals surface area contributed by atoms with Gasteiger partial charge in [0.25, 0.3) is 0 Å². The van der Waals surface area contributed by atoms with Crippen molar-refractivity contribution in [2.75, 3.05) is 14.2 Å². The van der Waals surface area contributed by atoms with Crippen LogP contribution in [0.1, 0.15) is 32.9 Å². The summed E-state index contributed by atoms with van der Waals surface area (Å²) in [5.74, 6) is 1.47. The van der Waals surface area contributed by atoms with Gasteiger partial charge < -0.3 is 9.47 Å². The minimum absolute atomic E-state index is 0.0681. The number of carbonyl (C=O) groups is 1. The molecule has 0 fully saturated rings. The second kappa shape index (κ2) is 6.05. The first-order valence-electron chi connectivity index (χ1n) is 6.23. The molecular weight excluding hydrogens is 274 g/mol. The fourth-order valence-corrected chi connectivity index (χ4v) is 3.01. The van der Waals surface area contributed by atoms with Crippen LogP contribution < -0.4 is 9.47 Å². The van der Waals surface area contributed by atoms with E-state index in [2.05, 4.69) is 4.98 Å². The maximum absolute atomic E-state index is 11.4. The van der Waals surface area contributed by atoms with Gasteiger partial charge in [0, 0.05) is 13.3 Å². The summed E-state index contributed by atoms with van der Waals surface area (Å²) in [7, 11) is 3.23. The summed E-state index contributed by atoms with van der Waals surface area (Å²) in [5.41, 5.74) is 1.88. The smallest absolute Gasteiger partial charge is 0.171 e. The van der Waals surface area contributed by atoms with Gasteiger partial charge in [-0.1, -0.05) is 6.07 Å². The number of benzene rings is 1. The predicted molar refractivity (Wildman–Crippen MR) is 79.2 cm³/mol. The number of methoxy groups -OCH3 is 2. The molecule has 1 aromatic heterocycles. The summed E-state index contributed by atoms with van der Waals surface area (Å²) in [4.78, 5) is 16.6. The monoisotopic (exact) mass is 291 g/mol. The van der Waals surface area contributed by atoms with Gasteiger partial charge >= 0.3 is 0 Å². The van der Waals surface area contributed by atoms with Crippen LogP contribution in [0.15, 0.2) is 18.2 Å². The van der Waals surface area contributed by atoms with Gasteiger partial charge in [0.1, 0.15) is 0 Å². The van der Waals surface area contributed by atoms with Crippen molar-refractivity contribution < 1.29 is 14.3 Å². The lowest BCUT2D eigenvalue weighted by atomic mass is 10.1. The molecule has 5 heteroatoms. The third kappa shape index (κ3) is 2.99. The summed E-state index contributed by atoms with van der Waals surface area (Å²) >= 11 is 1.45. The van der Waals surface area contributed by atoms with Crippen molar-refractivity contribution in [3.05, 3.63) is 39.3 Å². The molecule has 20 heavy (non-hydrogen) atoms. The van der Waals surface area contributed by atoms with Crippen molar-refractivity contribution in [2.45, 2.75) is 20.3 Å². The molecule has 0 atom stereocenters. The van der Waals surface area contributed by atoms with Crippen molar-refractivity contribution in [1.29, 1.82) is 0 Å². The van der Waals surface area contributed by atoms with Gasteiger partial charge in [-0.25, -0.2) is 4.98 Å². The lowest BCUT2D eigenvalue weighted by Gasteiger charge is -2.08. The quantitative estimate of drug-likeness (QED) is 0.793. The number of ether oxygens (including phenoxy) is 2. The number of nitrogens with zero attached hydrogens (tertiary/aromatic N) is 1. The molecule has 0 bridgehead atoms. The molecule has 0 aliphatic heterocycles. The van der Waals surface area contributed by atoms with Gasteiger partial charge in [-0.05, 0) is 24.6 Å².